The average Bonchev–Trinajstić information content (AvgIpc) is 3.57. The van der Waals surface area contributed by atoms with E-state index >= 15 is 0 Å². The molecule has 0 radical (unpaired) electrons. The summed E-state index contributed by atoms with van der Waals surface area (Å²) in [7, 11) is 1.71. The maximum absolute atomic E-state index is 14.3. The van der Waals surface area contributed by atoms with Crippen molar-refractivity contribution in [1.29, 1.82) is 0 Å². The minimum atomic E-state index is -0.332. The van der Waals surface area contributed by atoms with Crippen LogP contribution >= 0.6 is 0 Å². The van der Waals surface area contributed by atoms with Crippen LogP contribution in [0.1, 0.15) is 44.2 Å². The van der Waals surface area contributed by atoms with E-state index in [1.165, 1.54) is 18.9 Å². The number of aliphatic imine (C=N–C) groups is 1. The van der Waals surface area contributed by atoms with Crippen molar-refractivity contribution in [3.8, 4) is 5.75 Å². The Bertz CT molecular complexity index is 908. The summed E-state index contributed by atoms with van der Waals surface area (Å²) in [4.78, 5) is 15.9. The van der Waals surface area contributed by atoms with Crippen molar-refractivity contribution < 1.29 is 9.13 Å². The Kier molecular flexibility index (Phi) is 7.88. The van der Waals surface area contributed by atoms with Crippen molar-refractivity contribution in [3.05, 3.63) is 64.3 Å². The highest BCUT2D eigenvalue weighted by molar-refractivity contribution is 5.80. The van der Waals surface area contributed by atoms with Gasteiger partial charge >= 0.3 is 0 Å². The molecule has 1 fully saturated rings. The quantitative estimate of drug-likeness (QED) is 0.355. The van der Waals surface area contributed by atoms with Crippen LogP contribution in [0.3, 0.4) is 0 Å². The topological polar surface area (TPSA) is 67.7 Å². The fourth-order valence-electron chi connectivity index (χ4n) is 3.14. The third-order valence-electron chi connectivity index (χ3n) is 5.22. The zero-order chi connectivity index (χ0) is 21.3. The molecule has 0 bridgehead atoms. The van der Waals surface area contributed by atoms with Gasteiger partial charge in [0.15, 0.2) is 17.5 Å². The smallest absolute Gasteiger partial charge is 0.250 e. The maximum Gasteiger partial charge on any atom is 0.250 e. The second kappa shape index (κ2) is 10.8. The number of nitrogens with zero attached hydrogens (tertiary/aromatic N) is 2. The van der Waals surface area contributed by atoms with E-state index in [0.717, 1.165) is 24.9 Å². The van der Waals surface area contributed by atoms with Crippen LogP contribution in [-0.4, -0.2) is 30.7 Å². The fourth-order valence-corrected chi connectivity index (χ4v) is 3.14. The highest BCUT2D eigenvalue weighted by atomic mass is 19.1. The number of hydrogen-bond acceptors (Lipinski definition) is 3. The van der Waals surface area contributed by atoms with E-state index in [4.69, 9.17) is 4.74 Å². The molecule has 162 valence electrons. The third-order valence-corrected chi connectivity index (χ3v) is 5.22. The van der Waals surface area contributed by atoms with Gasteiger partial charge in [-0.05, 0) is 62.3 Å². The third kappa shape index (κ3) is 6.61. The molecule has 1 aliphatic carbocycles. The Labute approximate surface area is 177 Å². The SMILES string of the molecule is CN=C(NCCCCn1ccccc1=O)NC(C)c1ccc(OCC2CC2)c(F)c1. The number of unbranched alkanes of at least 4 members (excludes halogenated alkanes) is 1. The van der Waals surface area contributed by atoms with Crippen LogP contribution in [0, 0.1) is 11.7 Å². The molecule has 0 aliphatic heterocycles. The van der Waals surface area contributed by atoms with Gasteiger partial charge in [0.05, 0.1) is 12.6 Å². The van der Waals surface area contributed by atoms with Crippen LogP contribution < -0.4 is 20.9 Å². The van der Waals surface area contributed by atoms with E-state index in [0.29, 0.717) is 30.8 Å². The lowest BCUT2D eigenvalue weighted by atomic mass is 10.1. The first-order valence-corrected chi connectivity index (χ1v) is 10.6. The van der Waals surface area contributed by atoms with E-state index in [-0.39, 0.29) is 17.4 Å². The number of nitrogens with one attached hydrogen (secondary N) is 2. The lowest BCUT2D eigenvalue weighted by molar-refractivity contribution is 0.285. The molecule has 1 unspecified atom stereocenters. The molecule has 30 heavy (non-hydrogen) atoms. The Morgan fingerprint density at radius 1 is 1.30 bits per heavy atom. The van der Waals surface area contributed by atoms with Gasteiger partial charge in [-0.2, -0.15) is 0 Å². The Balaban J connectivity index is 1.41. The molecule has 1 aromatic heterocycles. The van der Waals surface area contributed by atoms with Crippen LogP contribution in [0.25, 0.3) is 0 Å². The van der Waals surface area contributed by atoms with E-state index in [1.54, 1.807) is 36.0 Å². The standard InChI is InChI=1S/C23H31FN4O2/c1-17(19-10-11-21(20(24)15-19)30-16-18-8-9-18)27-23(25-2)26-12-4-6-14-28-13-5-3-7-22(28)29/h3,5,7,10-11,13,15,17-18H,4,6,8-9,12,14,16H2,1-2H3,(H2,25,26,27). The molecule has 3 rings (SSSR count). The second-order valence-corrected chi connectivity index (χ2v) is 7.75. The van der Waals surface area contributed by atoms with Gasteiger partial charge in [0.2, 0.25) is 5.56 Å². The molecule has 1 saturated carbocycles. The van der Waals surface area contributed by atoms with Crippen molar-refractivity contribution in [3.63, 3.8) is 0 Å². The number of rotatable bonds is 10. The van der Waals surface area contributed by atoms with Crippen molar-refractivity contribution >= 4 is 5.96 Å². The van der Waals surface area contributed by atoms with Gasteiger partial charge in [-0.25, -0.2) is 4.39 Å². The summed E-state index contributed by atoms with van der Waals surface area (Å²) in [6, 6.07) is 10.2. The predicted octanol–water partition coefficient (Wildman–Crippen LogP) is 3.48. The molecule has 0 saturated heterocycles. The summed E-state index contributed by atoms with van der Waals surface area (Å²) in [5.74, 6) is 1.24. The van der Waals surface area contributed by atoms with Crippen LogP contribution in [0.2, 0.25) is 0 Å². The first-order valence-electron chi connectivity index (χ1n) is 10.6. The zero-order valence-corrected chi connectivity index (χ0v) is 17.7. The molecule has 7 heteroatoms. The fraction of sp³-hybridized carbons (Fsp3) is 0.478. The Hall–Kier alpha value is -2.83. The van der Waals surface area contributed by atoms with Crippen molar-refractivity contribution in [2.45, 2.75) is 45.2 Å². The molecule has 1 heterocycles. The molecule has 1 atom stereocenters. The van der Waals surface area contributed by atoms with Crippen LogP contribution in [0.15, 0.2) is 52.4 Å². The lowest BCUT2D eigenvalue weighted by Gasteiger charge is -2.19. The predicted molar refractivity (Wildman–Crippen MR) is 117 cm³/mol. The van der Waals surface area contributed by atoms with Gasteiger partial charge in [-0.1, -0.05) is 12.1 Å². The Morgan fingerprint density at radius 3 is 2.83 bits per heavy atom. The molecular formula is C23H31FN4O2. The van der Waals surface area contributed by atoms with Crippen LogP contribution in [0.5, 0.6) is 5.75 Å². The minimum Gasteiger partial charge on any atom is -0.490 e. The van der Waals surface area contributed by atoms with E-state index in [2.05, 4.69) is 15.6 Å². The van der Waals surface area contributed by atoms with Crippen molar-refractivity contribution in [1.82, 2.24) is 15.2 Å². The van der Waals surface area contributed by atoms with Gasteiger partial charge in [0.25, 0.3) is 0 Å². The maximum atomic E-state index is 14.3. The number of pyridine rings is 1. The number of aryl methyl sites for hydroxylation is 1. The largest absolute Gasteiger partial charge is 0.490 e. The number of guanidine groups is 1. The minimum absolute atomic E-state index is 0.0213. The first-order chi connectivity index (χ1) is 14.6. The average molecular weight is 415 g/mol. The molecule has 6 nitrogen and oxygen atoms in total. The number of benzene rings is 1. The second-order valence-electron chi connectivity index (χ2n) is 7.75. The number of halogens is 1. The molecule has 1 aliphatic rings. The normalized spacial score (nSPS) is 15.0. The van der Waals surface area contributed by atoms with Gasteiger partial charge in [0, 0.05) is 32.4 Å². The molecule has 0 spiro atoms. The lowest BCUT2D eigenvalue weighted by Crippen LogP contribution is -2.39. The summed E-state index contributed by atoms with van der Waals surface area (Å²) in [6.45, 7) is 3.99. The van der Waals surface area contributed by atoms with Crippen molar-refractivity contribution in [2.24, 2.45) is 10.9 Å². The van der Waals surface area contributed by atoms with Crippen LogP contribution in [-0.2, 0) is 6.54 Å². The summed E-state index contributed by atoms with van der Waals surface area (Å²) in [5, 5.41) is 6.55. The summed E-state index contributed by atoms with van der Waals surface area (Å²) in [6.07, 6.45) is 5.95. The van der Waals surface area contributed by atoms with E-state index in [1.807, 2.05) is 19.1 Å². The van der Waals surface area contributed by atoms with Crippen molar-refractivity contribution in [2.75, 3.05) is 20.2 Å². The Morgan fingerprint density at radius 2 is 2.13 bits per heavy atom. The molecular weight excluding hydrogens is 383 g/mol. The molecule has 2 N–H and O–H groups in total. The molecule has 2 aromatic rings. The van der Waals surface area contributed by atoms with E-state index < -0.39 is 0 Å². The number of hydrogen-bond donors (Lipinski definition) is 2. The highest BCUT2D eigenvalue weighted by Gasteiger charge is 2.22. The molecule has 1 aromatic carbocycles. The van der Waals surface area contributed by atoms with Gasteiger partial charge < -0.3 is 19.9 Å². The highest BCUT2D eigenvalue weighted by Crippen LogP contribution is 2.30. The first kappa shape index (κ1) is 21.9. The number of aromatic nitrogens is 1. The monoisotopic (exact) mass is 414 g/mol. The molecule has 0 amide bonds. The number of ether oxygens (including phenoxy) is 1. The van der Waals surface area contributed by atoms with Gasteiger partial charge in [0.1, 0.15) is 0 Å². The van der Waals surface area contributed by atoms with Gasteiger partial charge in [-0.15, -0.1) is 0 Å². The van der Waals surface area contributed by atoms with E-state index in [9.17, 15) is 9.18 Å². The summed E-state index contributed by atoms with van der Waals surface area (Å²) >= 11 is 0. The van der Waals surface area contributed by atoms with Crippen LogP contribution in [0.4, 0.5) is 4.39 Å². The zero-order valence-electron chi connectivity index (χ0n) is 17.7. The summed E-state index contributed by atoms with van der Waals surface area (Å²) < 4.78 is 21.6. The summed E-state index contributed by atoms with van der Waals surface area (Å²) in [5.41, 5.74) is 0.852. The van der Waals surface area contributed by atoms with Gasteiger partial charge in [-0.3, -0.25) is 9.79 Å².